The molecule has 0 aromatic carbocycles. The van der Waals surface area contributed by atoms with Crippen LogP contribution in [0.2, 0.25) is 0 Å². The zero-order valence-electron chi connectivity index (χ0n) is 9.84. The summed E-state index contributed by atoms with van der Waals surface area (Å²) in [4.78, 5) is 17.7. The molecule has 0 aliphatic rings. The molecule has 1 unspecified atom stereocenters. The van der Waals surface area contributed by atoms with E-state index < -0.39 is 12.1 Å². The quantitative estimate of drug-likeness (QED) is 0.808. The summed E-state index contributed by atoms with van der Waals surface area (Å²) in [6.07, 6.45) is -0.746. The average molecular weight is 278 g/mol. The van der Waals surface area contributed by atoms with Gasteiger partial charge < -0.3 is 4.74 Å². The van der Waals surface area contributed by atoms with Crippen LogP contribution in [0.4, 0.5) is 0 Å². The van der Waals surface area contributed by atoms with E-state index in [2.05, 4.69) is 4.98 Å². The van der Waals surface area contributed by atoms with Gasteiger partial charge in [-0.3, -0.25) is 0 Å². The minimum Gasteiger partial charge on any atom is -0.443 e. The van der Waals surface area contributed by atoms with E-state index in [1.165, 1.54) is 18.3 Å². The lowest BCUT2D eigenvalue weighted by molar-refractivity contribution is 0.0440. The van der Waals surface area contributed by atoms with Crippen LogP contribution >= 0.6 is 22.7 Å². The molecule has 0 bridgehead atoms. The van der Waals surface area contributed by atoms with Crippen molar-refractivity contribution in [1.29, 1.82) is 5.26 Å². The highest BCUT2D eigenvalue weighted by molar-refractivity contribution is 7.22. The number of aromatic nitrogens is 1. The average Bonchev–Trinajstić information content (AvgIpc) is 2.97. The fourth-order valence-corrected chi connectivity index (χ4v) is 3.08. The van der Waals surface area contributed by atoms with Gasteiger partial charge in [0.25, 0.3) is 0 Å². The Balaban J connectivity index is 2.25. The number of hydrogen-bond acceptors (Lipinski definition) is 6. The van der Waals surface area contributed by atoms with Crippen LogP contribution in [0.5, 0.6) is 0 Å². The fourth-order valence-electron chi connectivity index (χ4n) is 1.33. The summed E-state index contributed by atoms with van der Waals surface area (Å²) >= 11 is 2.86. The number of ether oxygens (including phenoxy) is 1. The maximum atomic E-state index is 11.8. The molecular weight excluding hydrogens is 268 g/mol. The second kappa shape index (κ2) is 5.29. The zero-order valence-corrected chi connectivity index (χ0v) is 11.5. The Morgan fingerprint density at radius 3 is 3.00 bits per heavy atom. The molecule has 0 saturated heterocycles. The largest absolute Gasteiger partial charge is 0.443 e. The molecule has 0 fully saturated rings. The van der Waals surface area contributed by atoms with E-state index in [-0.39, 0.29) is 0 Å². The second-order valence-corrected chi connectivity index (χ2v) is 5.53. The van der Waals surface area contributed by atoms with Gasteiger partial charge in [0.2, 0.25) is 0 Å². The summed E-state index contributed by atoms with van der Waals surface area (Å²) in [6, 6.07) is 5.75. The van der Waals surface area contributed by atoms with E-state index in [0.29, 0.717) is 10.6 Å². The lowest BCUT2D eigenvalue weighted by Gasteiger charge is -2.03. The number of carbonyl (C=O) groups is 1. The van der Waals surface area contributed by atoms with Crippen LogP contribution in [0.25, 0.3) is 9.88 Å². The smallest absolute Gasteiger partial charge is 0.351 e. The van der Waals surface area contributed by atoms with Gasteiger partial charge >= 0.3 is 5.97 Å². The molecule has 0 aliphatic carbocycles. The van der Waals surface area contributed by atoms with Crippen LogP contribution in [0, 0.1) is 18.3 Å². The molecule has 2 heterocycles. The van der Waals surface area contributed by atoms with Gasteiger partial charge in [-0.1, -0.05) is 6.07 Å². The molecule has 1 atom stereocenters. The fraction of sp³-hybridized carbons (Fsp3) is 0.250. The first-order chi connectivity index (χ1) is 8.61. The zero-order chi connectivity index (χ0) is 13.1. The maximum Gasteiger partial charge on any atom is 0.351 e. The molecular formula is C12H10N2O2S2. The predicted octanol–water partition coefficient (Wildman–Crippen LogP) is 3.25. The standard InChI is InChI=1S/C12H10N2O2S2/c1-7(6-13)16-12(15)10-8(2)14-11(18-10)9-4-3-5-17-9/h3-5,7H,1-2H3. The van der Waals surface area contributed by atoms with Crippen molar-refractivity contribution < 1.29 is 9.53 Å². The summed E-state index contributed by atoms with van der Waals surface area (Å²) in [5.74, 6) is -0.484. The number of thiophene rings is 1. The Morgan fingerprint density at radius 2 is 2.39 bits per heavy atom. The van der Waals surface area contributed by atoms with E-state index in [1.54, 1.807) is 18.3 Å². The number of rotatable bonds is 3. The minimum atomic E-state index is -0.746. The summed E-state index contributed by atoms with van der Waals surface area (Å²) in [5.41, 5.74) is 0.638. The molecule has 2 aromatic rings. The Labute approximate surface area is 112 Å². The highest BCUT2D eigenvalue weighted by Gasteiger charge is 2.19. The number of esters is 1. The SMILES string of the molecule is Cc1nc(-c2cccs2)sc1C(=O)OC(C)C#N. The summed E-state index contributed by atoms with van der Waals surface area (Å²) in [5, 5.41) is 11.4. The van der Waals surface area contributed by atoms with Gasteiger partial charge in [-0.05, 0) is 25.3 Å². The number of carbonyl (C=O) groups excluding carboxylic acids is 1. The second-order valence-electron chi connectivity index (χ2n) is 3.59. The Kier molecular flexibility index (Phi) is 3.75. The molecule has 6 heteroatoms. The lowest BCUT2D eigenvalue weighted by Crippen LogP contribution is -2.12. The van der Waals surface area contributed by atoms with E-state index in [9.17, 15) is 4.79 Å². The van der Waals surface area contributed by atoms with Crippen molar-refractivity contribution in [2.45, 2.75) is 20.0 Å². The molecule has 0 spiro atoms. The van der Waals surface area contributed by atoms with Crippen molar-refractivity contribution in [3.63, 3.8) is 0 Å². The number of thiazole rings is 1. The first kappa shape index (κ1) is 12.7. The van der Waals surface area contributed by atoms with Crippen molar-refractivity contribution in [3.8, 4) is 16.0 Å². The number of aryl methyl sites for hydroxylation is 1. The highest BCUT2D eigenvalue weighted by Crippen LogP contribution is 2.31. The highest BCUT2D eigenvalue weighted by atomic mass is 32.1. The third-order valence-electron chi connectivity index (χ3n) is 2.18. The number of nitrogens with zero attached hydrogens (tertiary/aromatic N) is 2. The summed E-state index contributed by atoms with van der Waals surface area (Å²) in [7, 11) is 0. The van der Waals surface area contributed by atoms with Gasteiger partial charge in [0.05, 0.1) is 10.6 Å². The molecule has 18 heavy (non-hydrogen) atoms. The van der Waals surface area contributed by atoms with Crippen LogP contribution < -0.4 is 0 Å². The van der Waals surface area contributed by atoms with Crippen LogP contribution in [-0.4, -0.2) is 17.1 Å². The van der Waals surface area contributed by atoms with E-state index in [1.807, 2.05) is 23.6 Å². The molecule has 0 radical (unpaired) electrons. The monoisotopic (exact) mass is 278 g/mol. The third-order valence-corrected chi connectivity index (χ3v) is 4.36. The minimum absolute atomic E-state index is 0.459. The molecule has 2 aromatic heterocycles. The van der Waals surface area contributed by atoms with E-state index in [0.717, 1.165) is 9.88 Å². The van der Waals surface area contributed by atoms with Crippen LogP contribution in [-0.2, 0) is 4.74 Å². The first-order valence-corrected chi connectivity index (χ1v) is 6.93. The molecule has 0 saturated carbocycles. The maximum absolute atomic E-state index is 11.8. The topological polar surface area (TPSA) is 63.0 Å². The van der Waals surface area contributed by atoms with Crippen molar-refractivity contribution in [2.24, 2.45) is 0 Å². The van der Waals surface area contributed by atoms with Gasteiger partial charge in [0, 0.05) is 0 Å². The molecule has 92 valence electrons. The van der Waals surface area contributed by atoms with Crippen molar-refractivity contribution in [3.05, 3.63) is 28.1 Å². The van der Waals surface area contributed by atoms with Crippen LogP contribution in [0.1, 0.15) is 22.3 Å². The van der Waals surface area contributed by atoms with Gasteiger partial charge in [0.1, 0.15) is 16.0 Å². The van der Waals surface area contributed by atoms with Crippen molar-refractivity contribution >= 4 is 28.6 Å². The first-order valence-electron chi connectivity index (χ1n) is 5.23. The normalized spacial score (nSPS) is 11.8. The molecule has 0 N–H and O–H groups in total. The third kappa shape index (κ3) is 2.58. The van der Waals surface area contributed by atoms with E-state index >= 15 is 0 Å². The molecule has 4 nitrogen and oxygen atoms in total. The van der Waals surface area contributed by atoms with Crippen molar-refractivity contribution in [2.75, 3.05) is 0 Å². The van der Waals surface area contributed by atoms with Gasteiger partial charge in [-0.25, -0.2) is 9.78 Å². The van der Waals surface area contributed by atoms with Crippen molar-refractivity contribution in [1.82, 2.24) is 4.98 Å². The number of hydrogen-bond donors (Lipinski definition) is 0. The molecule has 0 amide bonds. The number of nitriles is 1. The summed E-state index contributed by atoms with van der Waals surface area (Å²) in [6.45, 7) is 3.30. The van der Waals surface area contributed by atoms with E-state index in [4.69, 9.17) is 10.00 Å². The Bertz CT molecular complexity index is 596. The van der Waals surface area contributed by atoms with Crippen LogP contribution in [0.3, 0.4) is 0 Å². The lowest BCUT2D eigenvalue weighted by atomic mass is 10.4. The molecule has 0 aliphatic heterocycles. The van der Waals surface area contributed by atoms with Gasteiger partial charge in [-0.15, -0.1) is 22.7 Å². The Hall–Kier alpha value is -1.71. The predicted molar refractivity (Wildman–Crippen MR) is 70.7 cm³/mol. The Morgan fingerprint density at radius 1 is 1.61 bits per heavy atom. The van der Waals surface area contributed by atoms with Gasteiger partial charge in [-0.2, -0.15) is 5.26 Å². The molecule has 2 rings (SSSR count). The van der Waals surface area contributed by atoms with Gasteiger partial charge in [0.15, 0.2) is 6.10 Å². The summed E-state index contributed by atoms with van der Waals surface area (Å²) < 4.78 is 4.97. The van der Waals surface area contributed by atoms with Crippen LogP contribution in [0.15, 0.2) is 17.5 Å².